The maximum absolute atomic E-state index is 12.7. The number of rotatable bonds is 4. The van der Waals surface area contributed by atoms with Crippen LogP contribution in [0, 0.1) is 17.2 Å². The summed E-state index contributed by atoms with van der Waals surface area (Å²) in [6, 6.07) is 10.4. The number of aliphatic hydroxyl groups excluding tert-OH is 1. The van der Waals surface area contributed by atoms with E-state index in [0.717, 1.165) is 0 Å². The highest BCUT2D eigenvalue weighted by molar-refractivity contribution is 7.92. The van der Waals surface area contributed by atoms with Crippen LogP contribution in [-0.2, 0) is 14.6 Å². The summed E-state index contributed by atoms with van der Waals surface area (Å²) in [5.41, 5.74) is -0.730. The number of nitrogens with one attached hydrogen (secondary N) is 1. The van der Waals surface area contributed by atoms with E-state index in [1.165, 1.54) is 0 Å². The van der Waals surface area contributed by atoms with Crippen molar-refractivity contribution in [1.29, 1.82) is 5.26 Å². The van der Waals surface area contributed by atoms with Crippen LogP contribution in [0.25, 0.3) is 0 Å². The number of nitrogens with zero attached hydrogens (tertiary/aromatic N) is 2. The zero-order valence-electron chi connectivity index (χ0n) is 17.8. The minimum absolute atomic E-state index is 0.0580. The quantitative estimate of drug-likeness (QED) is 0.618. The van der Waals surface area contributed by atoms with Crippen LogP contribution in [0.3, 0.4) is 0 Å². The first-order chi connectivity index (χ1) is 15.2. The summed E-state index contributed by atoms with van der Waals surface area (Å²) in [4.78, 5) is 24.7. The average molecular weight is 464 g/mol. The van der Waals surface area contributed by atoms with Gasteiger partial charge in [0, 0.05) is 19.0 Å². The Kier molecular flexibility index (Phi) is 7.41. The molecule has 0 spiro atoms. The van der Waals surface area contributed by atoms with Gasteiger partial charge in [0.15, 0.2) is 9.84 Å². The first-order valence-electron chi connectivity index (χ1n) is 10.8. The maximum Gasteiger partial charge on any atom is 0.405 e. The van der Waals surface area contributed by atoms with E-state index in [2.05, 4.69) is 5.32 Å². The van der Waals surface area contributed by atoms with Crippen LogP contribution in [0.2, 0.25) is 0 Å². The molecule has 1 saturated heterocycles. The number of nitriles is 1. The van der Waals surface area contributed by atoms with Crippen LogP contribution in [0.5, 0.6) is 0 Å². The minimum atomic E-state index is -3.36. The number of aliphatic hydroxyl groups is 1. The Labute approximate surface area is 187 Å². The van der Waals surface area contributed by atoms with Gasteiger partial charge >= 0.3 is 6.09 Å². The number of piperidine rings is 1. The van der Waals surface area contributed by atoms with Crippen molar-refractivity contribution in [3.63, 3.8) is 0 Å². The van der Waals surface area contributed by atoms with Gasteiger partial charge in [-0.05, 0) is 57.1 Å². The van der Waals surface area contributed by atoms with Crippen molar-refractivity contribution in [2.24, 2.45) is 5.92 Å². The highest BCUT2D eigenvalue weighted by Gasteiger charge is 2.44. The lowest BCUT2D eigenvalue weighted by atomic mass is 10.0. The number of amides is 2. The van der Waals surface area contributed by atoms with E-state index in [1.54, 1.807) is 35.2 Å². The zero-order chi connectivity index (χ0) is 23.4. The molecule has 2 atom stereocenters. The average Bonchev–Trinajstić information content (AvgIpc) is 3.36. The topological polar surface area (TPSA) is 148 Å². The van der Waals surface area contributed by atoms with Gasteiger partial charge in [0.2, 0.25) is 5.91 Å². The van der Waals surface area contributed by atoms with Crippen LogP contribution < -0.4 is 5.32 Å². The molecule has 1 aromatic rings. The summed E-state index contributed by atoms with van der Waals surface area (Å²) in [5.74, 6) is -0.142. The molecule has 4 rings (SSSR count). The number of carbonyl (C=O) groups is 2. The molecule has 9 nitrogen and oxygen atoms in total. The smallest absolute Gasteiger partial charge is 0.405 e. The number of likely N-dealkylation sites (tertiary alicyclic amines) is 1. The standard InChI is InChI=1S/C17H23NO4S.C5H6N2O2/c19-14-8-10-18(11-9-14)17(20)13-6-7-16(12-13)23(21,22)15-4-2-1-3-5-15;6-3-5(1-2-5)7-4(8)9/h1-5,13-14,16,19H,6-12H2;7H,1-2H2,(H,8,9)/t13-,16-;/m1./s1. The molecule has 0 unspecified atom stereocenters. The molecule has 32 heavy (non-hydrogen) atoms. The van der Waals surface area contributed by atoms with Crippen molar-refractivity contribution >= 4 is 21.8 Å². The molecule has 10 heteroatoms. The number of carbonyl (C=O) groups excluding carboxylic acids is 1. The zero-order valence-corrected chi connectivity index (χ0v) is 18.6. The normalized spacial score (nSPS) is 24.6. The van der Waals surface area contributed by atoms with Crippen LogP contribution in [0.1, 0.15) is 44.9 Å². The summed E-state index contributed by atoms with van der Waals surface area (Å²) in [7, 11) is -3.36. The summed E-state index contributed by atoms with van der Waals surface area (Å²) < 4.78 is 25.3. The van der Waals surface area contributed by atoms with E-state index in [4.69, 9.17) is 10.4 Å². The third-order valence-electron chi connectivity index (χ3n) is 6.33. The van der Waals surface area contributed by atoms with Gasteiger partial charge in [0.25, 0.3) is 0 Å². The van der Waals surface area contributed by atoms with Crippen LogP contribution in [-0.4, -0.2) is 65.5 Å². The van der Waals surface area contributed by atoms with Crippen molar-refractivity contribution in [1.82, 2.24) is 10.2 Å². The van der Waals surface area contributed by atoms with E-state index >= 15 is 0 Å². The lowest BCUT2D eigenvalue weighted by molar-refractivity contribution is -0.137. The number of hydrogen-bond acceptors (Lipinski definition) is 6. The van der Waals surface area contributed by atoms with E-state index in [1.807, 2.05) is 6.07 Å². The fourth-order valence-electron chi connectivity index (χ4n) is 4.19. The third kappa shape index (κ3) is 5.78. The maximum atomic E-state index is 12.7. The van der Waals surface area contributed by atoms with Gasteiger partial charge in [-0.15, -0.1) is 0 Å². The van der Waals surface area contributed by atoms with Gasteiger partial charge in [0.05, 0.1) is 22.3 Å². The Morgan fingerprint density at radius 1 is 1.09 bits per heavy atom. The lowest BCUT2D eigenvalue weighted by Gasteiger charge is -2.31. The molecular weight excluding hydrogens is 434 g/mol. The first-order valence-corrected chi connectivity index (χ1v) is 12.4. The number of sulfone groups is 1. The molecule has 2 saturated carbocycles. The number of hydrogen-bond donors (Lipinski definition) is 3. The molecule has 1 heterocycles. The fraction of sp³-hybridized carbons (Fsp3) is 0.591. The van der Waals surface area contributed by atoms with Crippen molar-refractivity contribution in [3.05, 3.63) is 30.3 Å². The third-order valence-corrected chi connectivity index (χ3v) is 8.57. The second-order valence-electron chi connectivity index (χ2n) is 8.67. The Morgan fingerprint density at radius 3 is 2.22 bits per heavy atom. The van der Waals surface area contributed by atoms with Crippen molar-refractivity contribution in [3.8, 4) is 6.07 Å². The van der Waals surface area contributed by atoms with Gasteiger partial charge in [-0.1, -0.05) is 18.2 Å². The molecule has 2 aliphatic carbocycles. The Balaban J connectivity index is 0.000000269. The van der Waals surface area contributed by atoms with Crippen molar-refractivity contribution in [2.45, 2.75) is 66.7 Å². The second kappa shape index (κ2) is 9.88. The van der Waals surface area contributed by atoms with E-state index in [0.29, 0.717) is 62.9 Å². The van der Waals surface area contributed by atoms with Crippen molar-refractivity contribution < 1.29 is 28.2 Å². The summed E-state index contributed by atoms with van der Waals surface area (Å²) in [6.45, 7) is 1.15. The van der Waals surface area contributed by atoms with Crippen LogP contribution in [0.4, 0.5) is 4.79 Å². The SMILES string of the molecule is N#CC1(NC(=O)O)CC1.O=C([C@@H]1CC[C@@H](S(=O)(=O)c2ccccc2)C1)N1CCC(O)CC1. The largest absolute Gasteiger partial charge is 0.465 e. The fourth-order valence-corrected chi connectivity index (χ4v) is 6.04. The molecular formula is C22H29N3O6S. The van der Waals surface area contributed by atoms with Crippen LogP contribution in [0.15, 0.2) is 35.2 Å². The summed E-state index contributed by atoms with van der Waals surface area (Å²) >= 11 is 0. The molecule has 0 aromatic heterocycles. The van der Waals surface area contributed by atoms with Gasteiger partial charge in [-0.3, -0.25) is 4.79 Å². The molecule has 3 N–H and O–H groups in total. The molecule has 1 aromatic carbocycles. The predicted octanol–water partition coefficient (Wildman–Crippen LogP) is 1.92. The minimum Gasteiger partial charge on any atom is -0.465 e. The van der Waals surface area contributed by atoms with Gasteiger partial charge in [-0.2, -0.15) is 5.26 Å². The molecule has 0 bridgehead atoms. The highest BCUT2D eigenvalue weighted by Crippen LogP contribution is 2.35. The molecule has 0 radical (unpaired) electrons. The Morgan fingerprint density at radius 2 is 1.72 bits per heavy atom. The Hall–Kier alpha value is -2.64. The van der Waals surface area contributed by atoms with Gasteiger partial charge in [0.1, 0.15) is 5.54 Å². The first kappa shape index (κ1) is 24.0. The lowest BCUT2D eigenvalue weighted by Crippen LogP contribution is -2.42. The molecule has 2 amide bonds. The van der Waals surface area contributed by atoms with Gasteiger partial charge in [-0.25, -0.2) is 13.2 Å². The van der Waals surface area contributed by atoms with E-state index in [9.17, 15) is 23.1 Å². The monoisotopic (exact) mass is 463 g/mol. The van der Waals surface area contributed by atoms with Gasteiger partial charge < -0.3 is 20.4 Å². The summed E-state index contributed by atoms with van der Waals surface area (Å²) in [5, 5.41) is 27.7. The molecule has 1 aliphatic heterocycles. The van der Waals surface area contributed by atoms with Crippen LogP contribution >= 0.6 is 0 Å². The number of benzene rings is 1. The number of carboxylic acid groups (broad SMARTS) is 1. The molecule has 3 aliphatic rings. The second-order valence-corrected chi connectivity index (χ2v) is 10.9. The molecule has 174 valence electrons. The highest BCUT2D eigenvalue weighted by atomic mass is 32.2. The van der Waals surface area contributed by atoms with E-state index in [-0.39, 0.29) is 17.9 Å². The van der Waals surface area contributed by atoms with Crippen molar-refractivity contribution in [2.75, 3.05) is 13.1 Å². The molecule has 3 fully saturated rings. The predicted molar refractivity (Wildman–Crippen MR) is 115 cm³/mol. The summed E-state index contributed by atoms with van der Waals surface area (Å²) in [6.07, 6.45) is 2.69. The Bertz CT molecular complexity index is 963. The van der Waals surface area contributed by atoms with E-state index < -0.39 is 26.7 Å².